The fraction of sp³-hybridized carbons (Fsp3) is 0.565. The Balaban J connectivity index is 2.59. The average molecular weight is 465 g/mol. The Morgan fingerprint density at radius 3 is 2.19 bits per heavy atom. The maximum Gasteiger partial charge on any atom is 0.243 e. The highest BCUT2D eigenvalue weighted by Gasteiger charge is 2.26. The van der Waals surface area contributed by atoms with Crippen LogP contribution in [0.3, 0.4) is 0 Å². The number of carbonyl (C=O) groups excluding carboxylic acids is 4. The zero-order valence-corrected chi connectivity index (χ0v) is 20.0. The van der Waals surface area contributed by atoms with Gasteiger partial charge >= 0.3 is 0 Å². The van der Waals surface area contributed by atoms with Gasteiger partial charge in [-0.05, 0) is 38.8 Å². The van der Waals surface area contributed by atoms with Gasteiger partial charge in [-0.2, -0.15) is 12.6 Å². The number of thiol groups is 1. The zero-order chi connectivity index (χ0) is 23.9. The van der Waals surface area contributed by atoms with Gasteiger partial charge in [0.15, 0.2) is 0 Å². The van der Waals surface area contributed by atoms with Gasteiger partial charge in [-0.1, -0.05) is 37.3 Å². The lowest BCUT2D eigenvalue weighted by molar-refractivity contribution is -0.131. The lowest BCUT2D eigenvalue weighted by Gasteiger charge is -2.22. The third kappa shape index (κ3) is 10.3. The lowest BCUT2D eigenvalue weighted by atomic mass is 10.0. The van der Waals surface area contributed by atoms with Crippen molar-refractivity contribution < 1.29 is 19.2 Å². The van der Waals surface area contributed by atoms with Crippen molar-refractivity contribution in [2.45, 2.75) is 64.1 Å². The first-order valence-electron chi connectivity index (χ1n) is 11.0. The lowest BCUT2D eigenvalue weighted by Crippen LogP contribution is -2.55. The number of likely N-dealkylation sites (N-methyl/N-ethyl adjacent to an activating group) is 1. The number of hydrogen-bond donors (Lipinski definition) is 5. The fourth-order valence-electron chi connectivity index (χ4n) is 3.18. The smallest absolute Gasteiger partial charge is 0.243 e. The van der Waals surface area contributed by atoms with E-state index in [1.54, 1.807) is 20.9 Å². The van der Waals surface area contributed by atoms with Gasteiger partial charge in [0.2, 0.25) is 17.7 Å². The maximum absolute atomic E-state index is 12.8. The van der Waals surface area contributed by atoms with Crippen molar-refractivity contribution in [1.82, 2.24) is 21.3 Å². The quantitative estimate of drug-likeness (QED) is 0.196. The van der Waals surface area contributed by atoms with Crippen molar-refractivity contribution >= 4 is 36.1 Å². The highest BCUT2D eigenvalue weighted by molar-refractivity contribution is 7.80. The van der Waals surface area contributed by atoms with Crippen LogP contribution in [0.25, 0.3) is 0 Å². The van der Waals surface area contributed by atoms with Crippen LogP contribution in [0.15, 0.2) is 30.3 Å². The molecule has 0 heterocycles. The van der Waals surface area contributed by atoms with E-state index >= 15 is 0 Å². The van der Waals surface area contributed by atoms with Crippen LogP contribution in [0.5, 0.6) is 0 Å². The van der Waals surface area contributed by atoms with Gasteiger partial charge in [-0.25, -0.2) is 0 Å². The molecule has 3 amide bonds. The van der Waals surface area contributed by atoms with E-state index in [4.69, 9.17) is 0 Å². The van der Waals surface area contributed by atoms with Crippen molar-refractivity contribution in [2.24, 2.45) is 0 Å². The van der Waals surface area contributed by atoms with E-state index in [9.17, 15) is 19.2 Å². The molecule has 0 aliphatic heterocycles. The molecule has 0 spiro atoms. The summed E-state index contributed by atoms with van der Waals surface area (Å²) >= 11 is 4.20. The molecule has 1 rings (SSSR count). The minimum absolute atomic E-state index is 0.0922. The number of rotatable bonds is 15. The molecule has 9 heteroatoms. The molecule has 1 aromatic carbocycles. The molecule has 0 aromatic heterocycles. The Bertz CT molecular complexity index is 745. The third-order valence-corrected chi connectivity index (χ3v) is 5.49. The van der Waals surface area contributed by atoms with Gasteiger partial charge in [0.25, 0.3) is 0 Å². The molecule has 4 N–H and O–H groups in total. The molecule has 3 unspecified atom stereocenters. The number of Topliss-reactive ketones (excluding diaryl/α,β-unsaturated/α-hetero) is 1. The standard InChI is InChI=1S/C23H36N4O4S/c1-4-21(29)26-19(14-17-10-6-5-7-11-17)23(31)27-20(15-32)22(30)25-13-9-8-12-18(24-3)16(2)28/h5-7,10-11,18-20,24,32H,4,8-9,12-15H2,1-3H3,(H,25,30)(H,26,29)(H,27,31). The highest BCUT2D eigenvalue weighted by atomic mass is 32.1. The van der Waals surface area contributed by atoms with Crippen LogP contribution in [0.4, 0.5) is 0 Å². The first kappa shape index (κ1) is 27.6. The molecule has 0 saturated carbocycles. The average Bonchev–Trinajstić information content (AvgIpc) is 2.79. The molecule has 1 aromatic rings. The predicted molar refractivity (Wildman–Crippen MR) is 129 cm³/mol. The maximum atomic E-state index is 12.8. The van der Waals surface area contributed by atoms with E-state index < -0.39 is 18.0 Å². The minimum atomic E-state index is -0.815. The van der Waals surface area contributed by atoms with Crippen molar-refractivity contribution in [3.05, 3.63) is 35.9 Å². The summed E-state index contributed by atoms with van der Waals surface area (Å²) in [5.41, 5.74) is 0.904. The van der Waals surface area contributed by atoms with Crippen LogP contribution >= 0.6 is 12.6 Å². The summed E-state index contributed by atoms with van der Waals surface area (Å²) < 4.78 is 0. The largest absolute Gasteiger partial charge is 0.354 e. The summed E-state index contributed by atoms with van der Waals surface area (Å²) in [6.45, 7) is 3.70. The Morgan fingerprint density at radius 1 is 0.938 bits per heavy atom. The van der Waals surface area contributed by atoms with E-state index in [2.05, 4.69) is 33.9 Å². The van der Waals surface area contributed by atoms with Gasteiger partial charge in [0.05, 0.1) is 6.04 Å². The van der Waals surface area contributed by atoms with Crippen LogP contribution in [-0.2, 0) is 25.6 Å². The van der Waals surface area contributed by atoms with Crippen LogP contribution in [0.1, 0.15) is 45.1 Å². The zero-order valence-electron chi connectivity index (χ0n) is 19.1. The molecule has 0 bridgehead atoms. The number of ketones is 1. The topological polar surface area (TPSA) is 116 Å². The Kier molecular flexibility index (Phi) is 13.3. The first-order valence-corrected chi connectivity index (χ1v) is 11.7. The van der Waals surface area contributed by atoms with Crippen LogP contribution in [0.2, 0.25) is 0 Å². The van der Waals surface area contributed by atoms with E-state index in [1.807, 2.05) is 30.3 Å². The molecule has 0 aliphatic carbocycles. The Labute approximate surface area is 196 Å². The van der Waals surface area contributed by atoms with Crippen LogP contribution < -0.4 is 21.3 Å². The van der Waals surface area contributed by atoms with Crippen molar-refractivity contribution in [3.8, 4) is 0 Å². The normalized spacial score (nSPS) is 13.5. The number of benzene rings is 1. The number of amides is 3. The number of hydrogen-bond acceptors (Lipinski definition) is 6. The third-order valence-electron chi connectivity index (χ3n) is 5.13. The summed E-state index contributed by atoms with van der Waals surface area (Å²) in [4.78, 5) is 48.7. The second-order valence-corrected chi connectivity index (χ2v) is 8.01. The van der Waals surface area contributed by atoms with Gasteiger partial charge < -0.3 is 21.3 Å². The second-order valence-electron chi connectivity index (χ2n) is 7.65. The molecule has 3 atom stereocenters. The molecule has 32 heavy (non-hydrogen) atoms. The molecular formula is C23H36N4O4S. The SMILES string of the molecule is CCC(=O)NC(Cc1ccccc1)C(=O)NC(CS)C(=O)NCCCCC(NC)C(C)=O. The summed E-state index contributed by atoms with van der Waals surface area (Å²) in [5, 5.41) is 11.2. The van der Waals surface area contributed by atoms with Crippen molar-refractivity contribution in [1.29, 1.82) is 0 Å². The first-order chi connectivity index (χ1) is 15.3. The molecular weight excluding hydrogens is 428 g/mol. The van der Waals surface area contributed by atoms with E-state index in [0.29, 0.717) is 25.8 Å². The molecule has 0 saturated heterocycles. The second kappa shape index (κ2) is 15.4. The minimum Gasteiger partial charge on any atom is -0.354 e. The molecule has 0 radical (unpaired) electrons. The highest BCUT2D eigenvalue weighted by Crippen LogP contribution is 2.05. The molecule has 8 nitrogen and oxygen atoms in total. The molecule has 0 aliphatic rings. The van der Waals surface area contributed by atoms with Gasteiger partial charge in [0, 0.05) is 25.1 Å². The number of nitrogens with one attached hydrogen (secondary N) is 4. The van der Waals surface area contributed by atoms with E-state index in [-0.39, 0.29) is 35.8 Å². The molecule has 178 valence electrons. The fourth-order valence-corrected chi connectivity index (χ4v) is 3.44. The van der Waals surface area contributed by atoms with Crippen molar-refractivity contribution in [3.63, 3.8) is 0 Å². The van der Waals surface area contributed by atoms with Gasteiger partial charge in [-0.15, -0.1) is 0 Å². The summed E-state index contributed by atoms with van der Waals surface area (Å²) in [6.07, 6.45) is 2.78. The van der Waals surface area contributed by atoms with Crippen LogP contribution in [0, 0.1) is 0 Å². The van der Waals surface area contributed by atoms with Gasteiger partial charge in [0.1, 0.15) is 17.9 Å². The van der Waals surface area contributed by atoms with Crippen LogP contribution in [-0.4, -0.2) is 61.0 Å². The van der Waals surface area contributed by atoms with E-state index in [1.165, 1.54) is 0 Å². The number of carbonyl (C=O) groups is 4. The summed E-state index contributed by atoms with van der Waals surface area (Å²) in [5.74, 6) is -0.773. The summed E-state index contributed by atoms with van der Waals surface area (Å²) in [7, 11) is 1.75. The Morgan fingerprint density at radius 2 is 1.62 bits per heavy atom. The van der Waals surface area contributed by atoms with Gasteiger partial charge in [-0.3, -0.25) is 19.2 Å². The predicted octanol–water partition coefficient (Wildman–Crippen LogP) is 1.00. The summed E-state index contributed by atoms with van der Waals surface area (Å²) in [6, 6.07) is 7.60. The van der Waals surface area contributed by atoms with E-state index in [0.717, 1.165) is 12.0 Å². The Hall–Kier alpha value is -2.39. The van der Waals surface area contributed by atoms with Crippen molar-refractivity contribution in [2.75, 3.05) is 19.3 Å². The number of unbranched alkanes of at least 4 members (excludes halogenated alkanes) is 1. The molecule has 0 fully saturated rings. The monoisotopic (exact) mass is 464 g/mol.